The van der Waals surface area contributed by atoms with Crippen LogP contribution in [0.3, 0.4) is 0 Å². The zero-order chi connectivity index (χ0) is 13.5. The quantitative estimate of drug-likeness (QED) is 0.501. The monoisotopic (exact) mass is 278 g/mol. The molecule has 0 fully saturated rings. The van der Waals surface area contributed by atoms with Gasteiger partial charge in [-0.2, -0.15) is 0 Å². The van der Waals surface area contributed by atoms with Gasteiger partial charge >= 0.3 is 0 Å². The molecule has 2 nitrogen and oxygen atoms in total. The molecule has 0 unspecified atom stereocenters. The van der Waals surface area contributed by atoms with Crippen molar-refractivity contribution in [1.29, 1.82) is 0 Å². The Kier molecular flexibility index (Phi) is 5.71. The number of hydrogen-bond acceptors (Lipinski definition) is 1. The predicted molar refractivity (Wildman–Crippen MR) is 82.9 cm³/mol. The van der Waals surface area contributed by atoms with Crippen molar-refractivity contribution in [3.63, 3.8) is 0 Å². The van der Waals surface area contributed by atoms with Gasteiger partial charge in [0.1, 0.15) is 5.82 Å². The first-order chi connectivity index (χ1) is 9.36. The van der Waals surface area contributed by atoms with Crippen LogP contribution in [0.15, 0.2) is 24.3 Å². The Bertz CT molecular complexity index is 504. The molecule has 0 saturated carbocycles. The van der Waals surface area contributed by atoms with Crippen molar-refractivity contribution in [2.75, 3.05) is 5.88 Å². The lowest BCUT2D eigenvalue weighted by atomic mass is 10.2. The molecule has 0 atom stereocenters. The van der Waals surface area contributed by atoms with E-state index in [0.717, 1.165) is 37.2 Å². The number of aromatic nitrogens is 2. The van der Waals surface area contributed by atoms with Crippen LogP contribution in [0.2, 0.25) is 0 Å². The zero-order valence-electron chi connectivity index (χ0n) is 11.7. The molecule has 0 aliphatic heterocycles. The van der Waals surface area contributed by atoms with Crippen LogP contribution in [0.4, 0.5) is 0 Å². The summed E-state index contributed by atoms with van der Waals surface area (Å²) >= 11 is 5.71. The van der Waals surface area contributed by atoms with Gasteiger partial charge in [0.25, 0.3) is 0 Å². The molecular formula is C16H23ClN2. The van der Waals surface area contributed by atoms with E-state index in [9.17, 15) is 0 Å². The number of halogens is 1. The number of benzene rings is 1. The van der Waals surface area contributed by atoms with Gasteiger partial charge in [0.15, 0.2) is 0 Å². The molecule has 0 spiro atoms. The third-order valence-corrected chi connectivity index (χ3v) is 3.74. The van der Waals surface area contributed by atoms with E-state index in [0.29, 0.717) is 0 Å². The predicted octanol–water partition coefficient (Wildman–Crippen LogP) is 4.79. The van der Waals surface area contributed by atoms with E-state index < -0.39 is 0 Å². The fourth-order valence-electron chi connectivity index (χ4n) is 2.51. The van der Waals surface area contributed by atoms with E-state index in [4.69, 9.17) is 16.6 Å². The van der Waals surface area contributed by atoms with E-state index in [2.05, 4.69) is 35.8 Å². The van der Waals surface area contributed by atoms with Gasteiger partial charge in [0.05, 0.1) is 11.0 Å². The number of rotatable bonds is 8. The summed E-state index contributed by atoms with van der Waals surface area (Å²) in [6.45, 7) is 3.29. The standard InChI is InChI=1S/C16H23ClN2/c1-2-9-16-18-14-10-5-6-11-15(14)19(16)13-8-4-3-7-12-17/h5-6,10-11H,2-4,7-9,12-13H2,1H3. The molecule has 1 aromatic heterocycles. The van der Waals surface area contributed by atoms with E-state index in [1.54, 1.807) is 0 Å². The van der Waals surface area contributed by atoms with Gasteiger partial charge in [0.2, 0.25) is 0 Å². The van der Waals surface area contributed by atoms with Gasteiger partial charge < -0.3 is 4.57 Å². The van der Waals surface area contributed by atoms with Crippen molar-refractivity contribution in [3.05, 3.63) is 30.1 Å². The summed E-state index contributed by atoms with van der Waals surface area (Å²) in [6, 6.07) is 8.46. The fraction of sp³-hybridized carbons (Fsp3) is 0.562. The summed E-state index contributed by atoms with van der Waals surface area (Å²) in [5.41, 5.74) is 2.41. The summed E-state index contributed by atoms with van der Waals surface area (Å²) in [6.07, 6.45) is 7.05. The molecule has 3 heteroatoms. The molecule has 2 aromatic rings. The second kappa shape index (κ2) is 7.54. The van der Waals surface area contributed by atoms with Crippen LogP contribution in [-0.4, -0.2) is 15.4 Å². The smallest absolute Gasteiger partial charge is 0.109 e. The van der Waals surface area contributed by atoms with Gasteiger partial charge in [-0.15, -0.1) is 11.6 Å². The number of hydrogen-bond donors (Lipinski definition) is 0. The summed E-state index contributed by atoms with van der Waals surface area (Å²) in [5.74, 6) is 2.02. The maximum Gasteiger partial charge on any atom is 0.109 e. The van der Waals surface area contributed by atoms with Crippen LogP contribution < -0.4 is 0 Å². The molecule has 104 valence electrons. The fourth-order valence-corrected chi connectivity index (χ4v) is 2.70. The van der Waals surface area contributed by atoms with Crippen LogP contribution in [-0.2, 0) is 13.0 Å². The second-order valence-electron chi connectivity index (χ2n) is 5.02. The average molecular weight is 279 g/mol. The summed E-state index contributed by atoms with van der Waals surface area (Å²) in [7, 11) is 0. The van der Waals surface area contributed by atoms with Crippen molar-refractivity contribution < 1.29 is 0 Å². The van der Waals surface area contributed by atoms with Crippen molar-refractivity contribution >= 4 is 22.6 Å². The van der Waals surface area contributed by atoms with Crippen molar-refractivity contribution in [3.8, 4) is 0 Å². The lowest BCUT2D eigenvalue weighted by molar-refractivity contribution is 0.573. The SMILES string of the molecule is CCCc1nc2ccccc2n1CCCCCCCl. The minimum atomic E-state index is 0.787. The highest BCUT2D eigenvalue weighted by Gasteiger charge is 2.08. The minimum absolute atomic E-state index is 0.787. The number of imidazole rings is 1. The molecule has 0 N–H and O–H groups in total. The maximum atomic E-state index is 5.71. The first-order valence-corrected chi connectivity index (χ1v) is 7.90. The molecule has 0 saturated heterocycles. The van der Waals surface area contributed by atoms with Gasteiger partial charge in [-0.25, -0.2) is 4.98 Å². The molecule has 0 aliphatic carbocycles. The molecule has 1 heterocycles. The largest absolute Gasteiger partial charge is 0.328 e. The Hall–Kier alpha value is -1.02. The van der Waals surface area contributed by atoms with Crippen LogP contribution in [0.1, 0.15) is 44.9 Å². The van der Waals surface area contributed by atoms with E-state index in [1.165, 1.54) is 30.6 Å². The molecule has 2 rings (SSSR count). The van der Waals surface area contributed by atoms with Crippen LogP contribution in [0.25, 0.3) is 11.0 Å². The molecule has 1 aromatic carbocycles. The highest BCUT2D eigenvalue weighted by atomic mass is 35.5. The number of fused-ring (bicyclic) bond motifs is 1. The topological polar surface area (TPSA) is 17.8 Å². The minimum Gasteiger partial charge on any atom is -0.328 e. The van der Waals surface area contributed by atoms with Crippen molar-refractivity contribution in [1.82, 2.24) is 9.55 Å². The van der Waals surface area contributed by atoms with E-state index >= 15 is 0 Å². The van der Waals surface area contributed by atoms with Crippen LogP contribution in [0, 0.1) is 0 Å². The Morgan fingerprint density at radius 2 is 1.89 bits per heavy atom. The molecule has 19 heavy (non-hydrogen) atoms. The lowest BCUT2D eigenvalue weighted by Gasteiger charge is -2.08. The number of aryl methyl sites for hydroxylation is 2. The summed E-state index contributed by atoms with van der Waals surface area (Å²) in [4.78, 5) is 4.76. The normalized spacial score (nSPS) is 11.3. The summed E-state index contributed by atoms with van der Waals surface area (Å²) < 4.78 is 2.40. The molecular weight excluding hydrogens is 256 g/mol. The Balaban J connectivity index is 2.08. The zero-order valence-corrected chi connectivity index (χ0v) is 12.5. The number of alkyl halides is 1. The molecule has 0 radical (unpaired) electrons. The Morgan fingerprint density at radius 1 is 1.11 bits per heavy atom. The Labute approximate surface area is 120 Å². The van der Waals surface area contributed by atoms with E-state index in [1.807, 2.05) is 0 Å². The first-order valence-electron chi connectivity index (χ1n) is 7.37. The molecule has 0 aliphatic rings. The second-order valence-corrected chi connectivity index (χ2v) is 5.40. The number of unbranched alkanes of at least 4 members (excludes halogenated alkanes) is 3. The number of nitrogens with zero attached hydrogens (tertiary/aromatic N) is 2. The highest BCUT2D eigenvalue weighted by Crippen LogP contribution is 2.18. The van der Waals surface area contributed by atoms with E-state index in [-0.39, 0.29) is 0 Å². The van der Waals surface area contributed by atoms with Gasteiger partial charge in [-0.3, -0.25) is 0 Å². The van der Waals surface area contributed by atoms with Crippen molar-refractivity contribution in [2.24, 2.45) is 0 Å². The first kappa shape index (κ1) is 14.4. The summed E-state index contributed by atoms with van der Waals surface area (Å²) in [5, 5.41) is 0. The highest BCUT2D eigenvalue weighted by molar-refractivity contribution is 6.17. The number of para-hydroxylation sites is 2. The average Bonchev–Trinajstić information content (AvgIpc) is 2.77. The van der Waals surface area contributed by atoms with Gasteiger partial charge in [-0.1, -0.05) is 31.9 Å². The third-order valence-electron chi connectivity index (χ3n) is 3.47. The van der Waals surface area contributed by atoms with Gasteiger partial charge in [0, 0.05) is 18.8 Å². The lowest BCUT2D eigenvalue weighted by Crippen LogP contribution is -2.04. The Morgan fingerprint density at radius 3 is 2.68 bits per heavy atom. The van der Waals surface area contributed by atoms with Crippen LogP contribution >= 0.6 is 11.6 Å². The van der Waals surface area contributed by atoms with Gasteiger partial charge in [-0.05, 0) is 31.4 Å². The third kappa shape index (κ3) is 3.73. The molecule has 0 bridgehead atoms. The molecule has 0 amide bonds. The maximum absolute atomic E-state index is 5.71. The van der Waals surface area contributed by atoms with Crippen LogP contribution in [0.5, 0.6) is 0 Å². The van der Waals surface area contributed by atoms with Crippen molar-refractivity contribution in [2.45, 2.75) is 52.0 Å².